The largest absolute Gasteiger partial charge is 0.375 e. The average molecular weight is 269 g/mol. The number of hydrogen-bond acceptors (Lipinski definition) is 2. The minimum Gasteiger partial charge on any atom is -0.375 e. The molecule has 0 spiro atoms. The Kier molecular flexibility index (Phi) is 6.12. The Morgan fingerprint density at radius 1 is 0.850 bits per heavy atom. The standard InChI is InChI=1S/C18H23NO/c1-2-13-19(18-11-7-4-8-12-18)14-15-20-16-17-9-5-3-6-10-17/h3-12H,2,13-16H2,1H3. The molecule has 2 rings (SSSR count). The maximum absolute atomic E-state index is 5.78. The zero-order valence-corrected chi connectivity index (χ0v) is 12.2. The molecule has 0 aliphatic heterocycles. The molecule has 0 saturated carbocycles. The minimum absolute atomic E-state index is 0.690. The number of ether oxygens (including phenoxy) is 1. The van der Waals surface area contributed by atoms with E-state index in [-0.39, 0.29) is 0 Å². The van der Waals surface area contributed by atoms with Crippen molar-refractivity contribution in [3.05, 3.63) is 66.2 Å². The first-order valence-electron chi connectivity index (χ1n) is 7.32. The van der Waals surface area contributed by atoms with Crippen LogP contribution in [0.3, 0.4) is 0 Å². The van der Waals surface area contributed by atoms with Crippen LogP contribution in [0.25, 0.3) is 0 Å². The van der Waals surface area contributed by atoms with E-state index in [9.17, 15) is 0 Å². The van der Waals surface area contributed by atoms with Gasteiger partial charge in [0.05, 0.1) is 13.2 Å². The van der Waals surface area contributed by atoms with Gasteiger partial charge in [0.25, 0.3) is 0 Å². The molecule has 20 heavy (non-hydrogen) atoms. The number of benzene rings is 2. The molecule has 0 atom stereocenters. The first-order valence-corrected chi connectivity index (χ1v) is 7.32. The molecule has 0 bridgehead atoms. The molecule has 0 aliphatic rings. The Hall–Kier alpha value is -1.80. The fraction of sp³-hybridized carbons (Fsp3) is 0.333. The molecule has 0 N–H and O–H groups in total. The van der Waals surface area contributed by atoms with Crippen LogP contribution < -0.4 is 4.90 Å². The lowest BCUT2D eigenvalue weighted by molar-refractivity contribution is 0.127. The number of anilines is 1. The fourth-order valence-corrected chi connectivity index (χ4v) is 2.22. The summed E-state index contributed by atoms with van der Waals surface area (Å²) in [5, 5.41) is 0. The van der Waals surface area contributed by atoms with Crippen molar-refractivity contribution in [1.82, 2.24) is 0 Å². The molecule has 0 unspecified atom stereocenters. The van der Waals surface area contributed by atoms with Crippen LogP contribution in [0, 0.1) is 0 Å². The van der Waals surface area contributed by atoms with Gasteiger partial charge in [-0.15, -0.1) is 0 Å². The molecule has 2 aromatic rings. The van der Waals surface area contributed by atoms with Crippen LogP contribution >= 0.6 is 0 Å². The first kappa shape index (κ1) is 14.6. The van der Waals surface area contributed by atoms with Crippen molar-refractivity contribution in [3.8, 4) is 0 Å². The number of hydrogen-bond donors (Lipinski definition) is 0. The number of rotatable bonds is 8. The zero-order valence-electron chi connectivity index (χ0n) is 12.2. The number of nitrogens with zero attached hydrogens (tertiary/aromatic N) is 1. The van der Waals surface area contributed by atoms with Crippen LogP contribution in [0.1, 0.15) is 18.9 Å². The predicted molar refractivity (Wildman–Crippen MR) is 85.0 cm³/mol. The number of para-hydroxylation sites is 1. The second kappa shape index (κ2) is 8.39. The van der Waals surface area contributed by atoms with Gasteiger partial charge < -0.3 is 9.64 Å². The van der Waals surface area contributed by atoms with Gasteiger partial charge in [-0.3, -0.25) is 0 Å². The molecule has 2 heteroatoms. The van der Waals surface area contributed by atoms with Gasteiger partial charge in [-0.1, -0.05) is 55.5 Å². The lowest BCUT2D eigenvalue weighted by Gasteiger charge is -2.24. The highest BCUT2D eigenvalue weighted by Crippen LogP contribution is 2.13. The summed E-state index contributed by atoms with van der Waals surface area (Å²) in [5.41, 5.74) is 2.51. The van der Waals surface area contributed by atoms with Gasteiger partial charge in [0.1, 0.15) is 0 Å². The predicted octanol–water partition coefficient (Wildman–Crippen LogP) is 4.12. The van der Waals surface area contributed by atoms with Crippen molar-refractivity contribution in [3.63, 3.8) is 0 Å². The summed E-state index contributed by atoms with van der Waals surface area (Å²) in [6, 6.07) is 20.9. The fourth-order valence-electron chi connectivity index (χ4n) is 2.22. The highest BCUT2D eigenvalue weighted by atomic mass is 16.5. The second-order valence-electron chi connectivity index (χ2n) is 4.86. The molecule has 0 saturated heterocycles. The third-order valence-corrected chi connectivity index (χ3v) is 3.23. The smallest absolute Gasteiger partial charge is 0.0717 e. The van der Waals surface area contributed by atoms with Crippen molar-refractivity contribution in [2.45, 2.75) is 20.0 Å². The Morgan fingerprint density at radius 2 is 1.50 bits per heavy atom. The van der Waals surface area contributed by atoms with E-state index in [1.54, 1.807) is 0 Å². The van der Waals surface area contributed by atoms with Gasteiger partial charge in [0.2, 0.25) is 0 Å². The summed E-state index contributed by atoms with van der Waals surface area (Å²) in [7, 11) is 0. The van der Waals surface area contributed by atoms with Crippen LogP contribution in [0.4, 0.5) is 5.69 Å². The normalized spacial score (nSPS) is 10.4. The van der Waals surface area contributed by atoms with Crippen LogP contribution in [-0.2, 0) is 11.3 Å². The molecule has 2 nitrogen and oxygen atoms in total. The van der Waals surface area contributed by atoms with Crippen molar-refractivity contribution in [2.75, 3.05) is 24.6 Å². The summed E-state index contributed by atoms with van der Waals surface area (Å²) < 4.78 is 5.78. The summed E-state index contributed by atoms with van der Waals surface area (Å²) in [4.78, 5) is 2.38. The van der Waals surface area contributed by atoms with E-state index in [1.807, 2.05) is 18.2 Å². The minimum atomic E-state index is 0.690. The summed E-state index contributed by atoms with van der Waals surface area (Å²) >= 11 is 0. The highest BCUT2D eigenvalue weighted by Gasteiger charge is 2.04. The van der Waals surface area contributed by atoms with Crippen molar-refractivity contribution >= 4 is 5.69 Å². The van der Waals surface area contributed by atoms with Gasteiger partial charge in [0, 0.05) is 18.8 Å². The lowest BCUT2D eigenvalue weighted by atomic mass is 10.2. The van der Waals surface area contributed by atoms with E-state index in [1.165, 1.54) is 11.3 Å². The van der Waals surface area contributed by atoms with Gasteiger partial charge in [-0.25, -0.2) is 0 Å². The molecule has 0 amide bonds. The van der Waals surface area contributed by atoms with Crippen molar-refractivity contribution in [1.29, 1.82) is 0 Å². The summed E-state index contributed by atoms with van der Waals surface area (Å²) in [6.07, 6.45) is 1.15. The molecule has 0 fully saturated rings. The third-order valence-electron chi connectivity index (χ3n) is 3.23. The van der Waals surface area contributed by atoms with Gasteiger partial charge in [-0.2, -0.15) is 0 Å². The molecule has 0 radical (unpaired) electrons. The van der Waals surface area contributed by atoms with E-state index in [0.717, 1.165) is 26.1 Å². The average Bonchev–Trinajstić information content (AvgIpc) is 2.52. The maximum Gasteiger partial charge on any atom is 0.0717 e. The van der Waals surface area contributed by atoms with Gasteiger partial charge in [0.15, 0.2) is 0 Å². The Morgan fingerprint density at radius 3 is 2.15 bits per heavy atom. The Balaban J connectivity index is 1.78. The summed E-state index contributed by atoms with van der Waals surface area (Å²) in [6.45, 7) is 5.66. The van der Waals surface area contributed by atoms with Gasteiger partial charge in [-0.05, 0) is 24.1 Å². The first-order chi connectivity index (χ1) is 9.90. The van der Waals surface area contributed by atoms with E-state index in [4.69, 9.17) is 4.74 Å². The van der Waals surface area contributed by atoms with E-state index >= 15 is 0 Å². The molecule has 0 aromatic heterocycles. The second-order valence-corrected chi connectivity index (χ2v) is 4.86. The molecule has 0 aliphatic carbocycles. The van der Waals surface area contributed by atoms with Crippen LogP contribution in [0.2, 0.25) is 0 Å². The SMILES string of the molecule is CCCN(CCOCc1ccccc1)c1ccccc1. The monoisotopic (exact) mass is 269 g/mol. The molecule has 106 valence electrons. The van der Waals surface area contributed by atoms with Crippen LogP contribution in [0.15, 0.2) is 60.7 Å². The van der Waals surface area contributed by atoms with Gasteiger partial charge >= 0.3 is 0 Å². The lowest BCUT2D eigenvalue weighted by Crippen LogP contribution is -2.28. The quantitative estimate of drug-likeness (QED) is 0.668. The molecular weight excluding hydrogens is 246 g/mol. The topological polar surface area (TPSA) is 12.5 Å². The van der Waals surface area contributed by atoms with Crippen molar-refractivity contribution < 1.29 is 4.74 Å². The molecular formula is C18H23NO. The molecule has 2 aromatic carbocycles. The van der Waals surface area contributed by atoms with E-state index in [2.05, 4.69) is 54.3 Å². The van der Waals surface area contributed by atoms with Crippen LogP contribution in [0.5, 0.6) is 0 Å². The Labute approximate surface area is 122 Å². The molecule has 0 heterocycles. The zero-order chi connectivity index (χ0) is 14.0. The highest BCUT2D eigenvalue weighted by molar-refractivity contribution is 5.45. The van der Waals surface area contributed by atoms with Crippen molar-refractivity contribution in [2.24, 2.45) is 0 Å². The summed E-state index contributed by atoms with van der Waals surface area (Å²) in [5.74, 6) is 0. The Bertz CT molecular complexity index is 469. The maximum atomic E-state index is 5.78. The third kappa shape index (κ3) is 4.71. The van der Waals surface area contributed by atoms with E-state index < -0.39 is 0 Å². The van der Waals surface area contributed by atoms with Crippen LogP contribution in [-0.4, -0.2) is 19.7 Å². The van der Waals surface area contributed by atoms with E-state index in [0.29, 0.717) is 6.61 Å².